The van der Waals surface area contributed by atoms with Crippen LogP contribution in [0.5, 0.6) is 0 Å². The Labute approximate surface area is 238 Å². The molecule has 8 heteroatoms. The molecule has 0 aliphatic rings. The maximum Gasteiger partial charge on any atom is 0.326 e. The maximum atomic E-state index is 13.4. The lowest BCUT2D eigenvalue weighted by Crippen LogP contribution is -2.41. The first kappa shape index (κ1) is 28.5. The number of hydrogen-bond acceptors (Lipinski definition) is 6. The second-order valence-electron chi connectivity index (χ2n) is 9.40. The molecule has 1 unspecified atom stereocenters. The highest BCUT2D eigenvalue weighted by atomic mass is 32.2. The fraction of sp³-hybridized carbons (Fsp3) is 0.258. The van der Waals surface area contributed by atoms with Crippen molar-refractivity contribution in [3.05, 3.63) is 112 Å². The van der Waals surface area contributed by atoms with Crippen molar-refractivity contribution < 1.29 is 14.7 Å². The van der Waals surface area contributed by atoms with Gasteiger partial charge in [-0.05, 0) is 65.3 Å². The van der Waals surface area contributed by atoms with Crippen LogP contribution in [0.15, 0.2) is 84.4 Å². The standard InChI is InChI=1S/C31H33N3O3S2/c1-22-8-6-7-11-25(22)27-18-24(12-13-26(27)30(35)33-28(31(36)37)14-16-38-2)20-34(21-29-32-15-17-39-29)19-23-9-4-3-5-10-23/h3-13,15,17-18,28H,14,16,19-21H2,1-2H3,(H,33,35)(H,36,37). The molecule has 1 atom stereocenters. The van der Waals surface area contributed by atoms with Crippen molar-refractivity contribution in [2.75, 3.05) is 12.0 Å². The number of carboxylic acid groups (broad SMARTS) is 1. The summed E-state index contributed by atoms with van der Waals surface area (Å²) in [5.74, 6) is -0.751. The first-order chi connectivity index (χ1) is 18.9. The molecule has 1 aromatic heterocycles. The lowest BCUT2D eigenvalue weighted by molar-refractivity contribution is -0.139. The van der Waals surface area contributed by atoms with Gasteiger partial charge in [0.15, 0.2) is 0 Å². The molecule has 0 saturated carbocycles. The average molecular weight is 560 g/mol. The van der Waals surface area contributed by atoms with Crippen molar-refractivity contribution in [3.8, 4) is 11.1 Å². The summed E-state index contributed by atoms with van der Waals surface area (Å²) in [5.41, 5.74) is 5.55. The maximum absolute atomic E-state index is 13.4. The third-order valence-electron chi connectivity index (χ3n) is 6.48. The van der Waals surface area contributed by atoms with Gasteiger partial charge in [0.25, 0.3) is 5.91 Å². The van der Waals surface area contributed by atoms with E-state index in [-0.39, 0.29) is 5.91 Å². The predicted octanol–water partition coefficient (Wildman–Crippen LogP) is 6.26. The molecule has 0 bridgehead atoms. The predicted molar refractivity (Wildman–Crippen MR) is 160 cm³/mol. The number of amides is 1. The minimum atomic E-state index is -1.02. The van der Waals surface area contributed by atoms with Crippen LogP contribution in [-0.4, -0.2) is 44.9 Å². The van der Waals surface area contributed by atoms with Crippen LogP contribution in [0.3, 0.4) is 0 Å². The van der Waals surface area contributed by atoms with Gasteiger partial charge in [0, 0.05) is 30.2 Å². The Morgan fingerprint density at radius 3 is 2.41 bits per heavy atom. The molecule has 4 aromatic rings. The molecule has 202 valence electrons. The molecule has 39 heavy (non-hydrogen) atoms. The molecule has 6 nitrogen and oxygen atoms in total. The van der Waals surface area contributed by atoms with E-state index in [2.05, 4.69) is 33.4 Å². The number of carbonyl (C=O) groups excluding carboxylic acids is 1. The fourth-order valence-corrected chi connectivity index (χ4v) is 5.63. The van der Waals surface area contributed by atoms with E-state index in [1.807, 2.05) is 79.4 Å². The summed E-state index contributed by atoms with van der Waals surface area (Å²) in [4.78, 5) is 32.1. The highest BCUT2D eigenvalue weighted by molar-refractivity contribution is 7.98. The lowest BCUT2D eigenvalue weighted by Gasteiger charge is -2.23. The number of carboxylic acids is 1. The van der Waals surface area contributed by atoms with E-state index in [0.717, 1.165) is 33.8 Å². The third kappa shape index (κ3) is 8.02. The summed E-state index contributed by atoms with van der Waals surface area (Å²) in [7, 11) is 0. The number of aromatic nitrogens is 1. The van der Waals surface area contributed by atoms with Crippen molar-refractivity contribution in [2.24, 2.45) is 0 Å². The average Bonchev–Trinajstić information content (AvgIpc) is 3.44. The fourth-order valence-electron chi connectivity index (χ4n) is 4.50. The Morgan fingerprint density at radius 1 is 0.974 bits per heavy atom. The van der Waals surface area contributed by atoms with Crippen LogP contribution < -0.4 is 5.32 Å². The molecule has 2 N–H and O–H groups in total. The minimum Gasteiger partial charge on any atom is -0.480 e. The summed E-state index contributed by atoms with van der Waals surface area (Å²) < 4.78 is 0. The molecule has 3 aromatic carbocycles. The van der Waals surface area contributed by atoms with E-state index < -0.39 is 12.0 Å². The Balaban J connectivity index is 1.66. The normalized spacial score (nSPS) is 11.9. The van der Waals surface area contributed by atoms with Crippen LogP contribution in [0, 0.1) is 6.92 Å². The summed E-state index contributed by atoms with van der Waals surface area (Å²) in [6, 6.07) is 23.2. The summed E-state index contributed by atoms with van der Waals surface area (Å²) in [5, 5.41) is 15.4. The van der Waals surface area contributed by atoms with E-state index in [1.165, 1.54) is 5.56 Å². The van der Waals surface area contributed by atoms with Gasteiger partial charge in [0.1, 0.15) is 11.0 Å². The van der Waals surface area contributed by atoms with Gasteiger partial charge in [-0.2, -0.15) is 11.8 Å². The van der Waals surface area contributed by atoms with Gasteiger partial charge >= 0.3 is 5.97 Å². The zero-order chi connectivity index (χ0) is 27.6. The Morgan fingerprint density at radius 2 is 1.72 bits per heavy atom. The molecule has 0 aliphatic carbocycles. The second kappa shape index (κ2) is 14.1. The number of thiazole rings is 1. The number of rotatable bonds is 13. The van der Waals surface area contributed by atoms with Crippen LogP contribution in [0.1, 0.15) is 38.5 Å². The van der Waals surface area contributed by atoms with E-state index in [0.29, 0.717) is 30.8 Å². The number of benzene rings is 3. The summed E-state index contributed by atoms with van der Waals surface area (Å²) in [6.07, 6.45) is 4.12. The highest BCUT2D eigenvalue weighted by Gasteiger charge is 2.23. The van der Waals surface area contributed by atoms with Gasteiger partial charge in [0.2, 0.25) is 0 Å². The van der Waals surface area contributed by atoms with Gasteiger partial charge in [0.05, 0.1) is 6.54 Å². The van der Waals surface area contributed by atoms with E-state index in [4.69, 9.17) is 0 Å². The number of thioether (sulfide) groups is 1. The molecule has 4 rings (SSSR count). The number of aliphatic carboxylic acids is 1. The van der Waals surface area contributed by atoms with Gasteiger partial charge < -0.3 is 10.4 Å². The molecule has 0 saturated heterocycles. The number of aryl methyl sites for hydroxylation is 1. The number of nitrogens with zero attached hydrogens (tertiary/aromatic N) is 2. The van der Waals surface area contributed by atoms with Gasteiger partial charge in [-0.1, -0.05) is 60.7 Å². The zero-order valence-electron chi connectivity index (χ0n) is 22.2. The molecule has 0 fully saturated rings. The number of hydrogen-bond donors (Lipinski definition) is 2. The minimum absolute atomic E-state index is 0.366. The van der Waals surface area contributed by atoms with Crippen molar-refractivity contribution in [3.63, 3.8) is 0 Å². The Kier molecular flexibility index (Phi) is 10.3. The van der Waals surface area contributed by atoms with Crippen LogP contribution in [-0.2, 0) is 24.4 Å². The zero-order valence-corrected chi connectivity index (χ0v) is 23.8. The van der Waals surface area contributed by atoms with Gasteiger partial charge in [-0.25, -0.2) is 9.78 Å². The van der Waals surface area contributed by atoms with E-state index >= 15 is 0 Å². The molecule has 0 spiro atoms. The third-order valence-corrected chi connectivity index (χ3v) is 7.88. The highest BCUT2D eigenvalue weighted by Crippen LogP contribution is 2.29. The van der Waals surface area contributed by atoms with Gasteiger partial charge in [-0.15, -0.1) is 11.3 Å². The SMILES string of the molecule is CSCCC(NC(=O)c1ccc(CN(Cc2ccccc2)Cc2nccs2)cc1-c1ccccc1C)C(=O)O. The largest absolute Gasteiger partial charge is 0.480 e. The monoisotopic (exact) mass is 559 g/mol. The van der Waals surface area contributed by atoms with Gasteiger partial charge in [-0.3, -0.25) is 9.69 Å². The van der Waals surface area contributed by atoms with Crippen molar-refractivity contribution in [2.45, 2.75) is 39.0 Å². The summed E-state index contributed by atoms with van der Waals surface area (Å²) >= 11 is 3.20. The van der Waals surface area contributed by atoms with E-state index in [9.17, 15) is 14.7 Å². The van der Waals surface area contributed by atoms with Crippen molar-refractivity contribution >= 4 is 35.0 Å². The van der Waals surface area contributed by atoms with Crippen LogP contribution in [0.4, 0.5) is 0 Å². The molecular formula is C31H33N3O3S2. The number of carbonyl (C=O) groups is 2. The second-order valence-corrected chi connectivity index (χ2v) is 11.4. The van der Waals surface area contributed by atoms with Crippen LogP contribution in [0.25, 0.3) is 11.1 Å². The molecular weight excluding hydrogens is 526 g/mol. The molecule has 0 radical (unpaired) electrons. The van der Waals surface area contributed by atoms with Crippen molar-refractivity contribution in [1.82, 2.24) is 15.2 Å². The first-order valence-corrected chi connectivity index (χ1v) is 15.1. The Hall–Kier alpha value is -3.46. The quantitative estimate of drug-likeness (QED) is 0.201. The number of nitrogens with one attached hydrogen (secondary N) is 1. The molecule has 1 amide bonds. The Bertz CT molecular complexity index is 1380. The lowest BCUT2D eigenvalue weighted by atomic mass is 9.93. The van der Waals surface area contributed by atoms with Crippen LogP contribution in [0.2, 0.25) is 0 Å². The van der Waals surface area contributed by atoms with Crippen molar-refractivity contribution in [1.29, 1.82) is 0 Å². The van der Waals surface area contributed by atoms with Crippen LogP contribution >= 0.6 is 23.1 Å². The molecule has 0 aliphatic heterocycles. The first-order valence-electron chi connectivity index (χ1n) is 12.8. The summed E-state index contributed by atoms with van der Waals surface area (Å²) in [6.45, 7) is 4.16. The molecule has 1 heterocycles. The topological polar surface area (TPSA) is 82.5 Å². The van der Waals surface area contributed by atoms with E-state index in [1.54, 1.807) is 23.1 Å². The smallest absolute Gasteiger partial charge is 0.326 e.